The van der Waals surface area contributed by atoms with E-state index in [0.29, 0.717) is 5.75 Å². The monoisotopic (exact) mass is 530 g/mol. The van der Waals surface area contributed by atoms with Crippen molar-refractivity contribution in [3.63, 3.8) is 0 Å². The van der Waals surface area contributed by atoms with Gasteiger partial charge >= 0.3 is 5.97 Å². The molecule has 3 rings (SSSR count). The van der Waals surface area contributed by atoms with Crippen LogP contribution in [0.4, 0.5) is 0 Å². The van der Waals surface area contributed by atoms with Gasteiger partial charge in [0.15, 0.2) is 6.61 Å². The van der Waals surface area contributed by atoms with Crippen LogP contribution < -0.4 is 4.74 Å². The molecule has 0 aliphatic heterocycles. The van der Waals surface area contributed by atoms with Crippen LogP contribution in [0.5, 0.6) is 5.75 Å². The lowest BCUT2D eigenvalue weighted by molar-refractivity contribution is -0.139. The van der Waals surface area contributed by atoms with Crippen molar-refractivity contribution in [2.75, 3.05) is 12.4 Å². The second-order valence-electron chi connectivity index (χ2n) is 6.83. The van der Waals surface area contributed by atoms with E-state index in [1.807, 2.05) is 18.2 Å². The molecule has 0 spiro atoms. The van der Waals surface area contributed by atoms with Gasteiger partial charge in [0.1, 0.15) is 5.75 Å². The van der Waals surface area contributed by atoms with Crippen LogP contribution in [-0.2, 0) is 4.79 Å². The van der Waals surface area contributed by atoms with Crippen LogP contribution in [-0.4, -0.2) is 23.4 Å². The van der Waals surface area contributed by atoms with Gasteiger partial charge in [0.05, 0.1) is 3.57 Å². The molecule has 0 bridgehead atoms. The molecule has 0 atom stereocenters. The van der Waals surface area contributed by atoms with Gasteiger partial charge in [0, 0.05) is 10.6 Å². The molecule has 154 valence electrons. The molecular formula is C25H23IO3S. The van der Waals surface area contributed by atoms with Gasteiger partial charge in [-0.25, -0.2) is 4.79 Å². The summed E-state index contributed by atoms with van der Waals surface area (Å²) in [7, 11) is 0. The van der Waals surface area contributed by atoms with Crippen LogP contribution in [0.3, 0.4) is 0 Å². The molecule has 0 saturated heterocycles. The molecule has 0 radical (unpaired) electrons. The molecule has 3 aromatic carbocycles. The number of benzene rings is 3. The molecule has 0 aromatic heterocycles. The van der Waals surface area contributed by atoms with E-state index in [2.05, 4.69) is 91.0 Å². The Kier molecular flexibility index (Phi) is 7.99. The first kappa shape index (κ1) is 22.4. The fraction of sp³-hybridized carbons (Fsp3) is 0.160. The van der Waals surface area contributed by atoms with Gasteiger partial charge in [-0.1, -0.05) is 54.6 Å². The van der Waals surface area contributed by atoms with Gasteiger partial charge in [-0.2, -0.15) is 0 Å². The zero-order valence-electron chi connectivity index (χ0n) is 16.9. The third-order valence-corrected chi connectivity index (χ3v) is 6.43. The molecule has 0 unspecified atom stereocenters. The minimum Gasteiger partial charge on any atom is -0.481 e. The maximum Gasteiger partial charge on any atom is 0.341 e. The minimum absolute atomic E-state index is 0.332. The van der Waals surface area contributed by atoms with E-state index >= 15 is 0 Å². The topological polar surface area (TPSA) is 46.5 Å². The average molecular weight is 530 g/mol. The summed E-state index contributed by atoms with van der Waals surface area (Å²) in [6.07, 6.45) is 2.29. The summed E-state index contributed by atoms with van der Waals surface area (Å²) in [5.41, 5.74) is 6.26. The summed E-state index contributed by atoms with van der Waals surface area (Å²) in [5, 5.41) is 8.78. The third-order valence-electron chi connectivity index (χ3n) is 4.66. The number of rotatable bonds is 8. The van der Waals surface area contributed by atoms with Crippen LogP contribution in [0, 0.1) is 17.4 Å². The Labute approximate surface area is 195 Å². The second kappa shape index (κ2) is 10.7. The lowest BCUT2D eigenvalue weighted by Crippen LogP contribution is -2.10. The first-order valence-electron chi connectivity index (χ1n) is 9.55. The van der Waals surface area contributed by atoms with Crippen molar-refractivity contribution in [2.45, 2.75) is 18.7 Å². The molecule has 0 fully saturated rings. The molecule has 0 saturated carbocycles. The summed E-state index contributed by atoms with van der Waals surface area (Å²) in [6, 6.07) is 22.8. The molecule has 30 heavy (non-hydrogen) atoms. The van der Waals surface area contributed by atoms with Crippen LogP contribution in [0.15, 0.2) is 77.7 Å². The van der Waals surface area contributed by atoms with E-state index in [0.717, 1.165) is 14.2 Å². The predicted octanol–water partition coefficient (Wildman–Crippen LogP) is 6.60. The predicted molar refractivity (Wildman–Crippen MR) is 132 cm³/mol. The zero-order chi connectivity index (χ0) is 21.5. The van der Waals surface area contributed by atoms with Crippen molar-refractivity contribution in [1.29, 1.82) is 0 Å². The van der Waals surface area contributed by atoms with E-state index in [1.165, 1.54) is 27.8 Å². The van der Waals surface area contributed by atoms with Crippen molar-refractivity contribution in [1.82, 2.24) is 0 Å². The highest BCUT2D eigenvalue weighted by molar-refractivity contribution is 14.1. The summed E-state index contributed by atoms with van der Waals surface area (Å²) in [4.78, 5) is 11.8. The number of carboxylic acid groups (broad SMARTS) is 1. The van der Waals surface area contributed by atoms with Crippen molar-refractivity contribution in [2.24, 2.45) is 0 Å². The van der Waals surface area contributed by atoms with E-state index in [9.17, 15) is 4.79 Å². The first-order chi connectivity index (χ1) is 14.5. The first-order valence-corrected chi connectivity index (χ1v) is 11.6. The van der Waals surface area contributed by atoms with Gasteiger partial charge in [0.25, 0.3) is 0 Å². The largest absolute Gasteiger partial charge is 0.481 e. The Balaban J connectivity index is 1.82. The number of carbonyl (C=O) groups is 1. The highest BCUT2D eigenvalue weighted by Crippen LogP contribution is 2.31. The number of carboxylic acids is 1. The molecular weight excluding hydrogens is 507 g/mol. The molecule has 0 amide bonds. The Morgan fingerprint density at radius 3 is 2.13 bits per heavy atom. The maximum atomic E-state index is 10.7. The normalized spacial score (nSPS) is 10.5. The van der Waals surface area contributed by atoms with Crippen LogP contribution in [0.2, 0.25) is 0 Å². The van der Waals surface area contributed by atoms with E-state index in [1.54, 1.807) is 11.8 Å². The molecule has 0 aliphatic carbocycles. The van der Waals surface area contributed by atoms with Crippen molar-refractivity contribution in [3.8, 4) is 5.75 Å². The van der Waals surface area contributed by atoms with Gasteiger partial charge in [-0.3, -0.25) is 0 Å². The average Bonchev–Trinajstić information content (AvgIpc) is 2.72. The number of thioether (sulfide) groups is 1. The molecule has 1 N–H and O–H groups in total. The zero-order valence-corrected chi connectivity index (χ0v) is 19.9. The van der Waals surface area contributed by atoms with Gasteiger partial charge in [0.2, 0.25) is 0 Å². The number of hydrogen-bond acceptors (Lipinski definition) is 3. The van der Waals surface area contributed by atoms with E-state index < -0.39 is 5.97 Å². The maximum absolute atomic E-state index is 10.7. The fourth-order valence-electron chi connectivity index (χ4n) is 3.16. The van der Waals surface area contributed by atoms with Gasteiger partial charge in [-0.15, -0.1) is 11.8 Å². The number of ether oxygens (including phenoxy) is 1. The fourth-order valence-corrected chi connectivity index (χ4v) is 4.85. The van der Waals surface area contributed by atoms with Crippen LogP contribution in [0.1, 0.15) is 22.3 Å². The number of aliphatic carboxylic acids is 1. The Morgan fingerprint density at radius 1 is 1.00 bits per heavy atom. The lowest BCUT2D eigenvalue weighted by atomic mass is 9.92. The van der Waals surface area contributed by atoms with E-state index in [4.69, 9.17) is 9.84 Å². The summed E-state index contributed by atoms with van der Waals surface area (Å²) >= 11 is 3.92. The molecule has 0 heterocycles. The van der Waals surface area contributed by atoms with Crippen LogP contribution >= 0.6 is 34.4 Å². The highest BCUT2D eigenvalue weighted by atomic mass is 127. The number of hydrogen-bond donors (Lipinski definition) is 1. The minimum atomic E-state index is -0.977. The van der Waals surface area contributed by atoms with Gasteiger partial charge in [-0.05, 0) is 82.5 Å². The molecule has 3 aromatic rings. The quantitative estimate of drug-likeness (QED) is 0.264. The van der Waals surface area contributed by atoms with Crippen molar-refractivity contribution >= 4 is 45.9 Å². The molecule has 5 heteroatoms. The Hall–Kier alpha value is -2.25. The van der Waals surface area contributed by atoms with Crippen molar-refractivity contribution in [3.05, 3.63) is 98.6 Å². The Morgan fingerprint density at radius 2 is 1.60 bits per heavy atom. The second-order valence-corrected chi connectivity index (χ2v) is 9.09. The standard InChI is InChI=1S/C25H23IO3S/c1-17-7-3-5-9-20(17)22(21-10-6-4-8-18(21)2)13-14-30-19-11-12-24(23(26)15-19)29-16-25(27)28/h3-13,15H,14,16H2,1-2H3,(H,27,28). The summed E-state index contributed by atoms with van der Waals surface area (Å²) in [6.45, 7) is 3.96. The van der Waals surface area contributed by atoms with Crippen LogP contribution in [0.25, 0.3) is 5.57 Å². The number of aryl methyl sites for hydroxylation is 2. The molecule has 0 aliphatic rings. The Bertz CT molecular complexity index is 1030. The SMILES string of the molecule is Cc1ccccc1C(=CCSc1ccc(OCC(=O)O)c(I)c1)c1ccccc1C. The van der Waals surface area contributed by atoms with E-state index in [-0.39, 0.29) is 6.61 Å². The summed E-state index contributed by atoms with van der Waals surface area (Å²) < 4.78 is 6.21. The highest BCUT2D eigenvalue weighted by Gasteiger charge is 2.10. The third kappa shape index (κ3) is 5.89. The smallest absolute Gasteiger partial charge is 0.341 e. The summed E-state index contributed by atoms with van der Waals surface area (Å²) in [5.74, 6) is 0.441. The van der Waals surface area contributed by atoms with Crippen molar-refractivity contribution < 1.29 is 14.6 Å². The number of halogens is 1. The molecule has 3 nitrogen and oxygen atoms in total. The lowest BCUT2D eigenvalue weighted by Gasteiger charge is -2.14. The van der Waals surface area contributed by atoms with Gasteiger partial charge < -0.3 is 9.84 Å².